The predicted octanol–water partition coefficient (Wildman–Crippen LogP) is 4.65. The van der Waals surface area contributed by atoms with Gasteiger partial charge in [-0.15, -0.1) is 0 Å². The molecule has 0 aromatic rings. The molecule has 1 fully saturated rings. The van der Waals surface area contributed by atoms with E-state index < -0.39 is 29.9 Å². The molecule has 0 amide bonds. The number of alkyl halides is 7. The lowest BCUT2D eigenvalue weighted by molar-refractivity contribution is -0.370. The summed E-state index contributed by atoms with van der Waals surface area (Å²) in [5.41, 5.74) is 0. The van der Waals surface area contributed by atoms with Crippen molar-refractivity contribution in [2.24, 2.45) is 11.8 Å². The maximum Gasteiger partial charge on any atom is 0.459 e. The van der Waals surface area contributed by atoms with E-state index in [2.05, 4.69) is 0 Å². The van der Waals surface area contributed by atoms with Crippen molar-refractivity contribution in [1.29, 1.82) is 0 Å². The molecule has 0 spiro atoms. The zero-order chi connectivity index (χ0) is 13.5. The van der Waals surface area contributed by atoms with E-state index in [9.17, 15) is 30.7 Å². The second-order valence-corrected chi connectivity index (χ2v) is 4.56. The fraction of sp³-hybridized carbons (Fsp3) is 1.00. The van der Waals surface area contributed by atoms with Crippen LogP contribution in [0.1, 0.15) is 32.6 Å². The van der Waals surface area contributed by atoms with Crippen molar-refractivity contribution in [3.63, 3.8) is 0 Å². The Morgan fingerprint density at radius 3 is 1.71 bits per heavy atom. The van der Waals surface area contributed by atoms with Crippen molar-refractivity contribution in [3.05, 3.63) is 0 Å². The third-order valence-electron chi connectivity index (χ3n) is 3.35. The van der Waals surface area contributed by atoms with Gasteiger partial charge < -0.3 is 0 Å². The first-order valence-corrected chi connectivity index (χ1v) is 5.34. The lowest BCUT2D eigenvalue weighted by Gasteiger charge is -2.39. The minimum absolute atomic E-state index is 0.258. The highest BCUT2D eigenvalue weighted by Crippen LogP contribution is 2.54. The molecule has 1 rings (SSSR count). The summed E-state index contributed by atoms with van der Waals surface area (Å²) in [6.45, 7) is 1.30. The van der Waals surface area contributed by atoms with Crippen molar-refractivity contribution in [1.82, 2.24) is 0 Å². The van der Waals surface area contributed by atoms with Gasteiger partial charge in [0.2, 0.25) is 0 Å². The highest BCUT2D eigenvalue weighted by molar-refractivity contribution is 4.97. The molecule has 0 aromatic heterocycles. The third kappa shape index (κ3) is 2.38. The molecular formula is C10H13F7. The molecule has 0 saturated heterocycles. The van der Waals surface area contributed by atoms with Crippen molar-refractivity contribution in [2.45, 2.75) is 50.6 Å². The maximum atomic E-state index is 13.4. The molecular weight excluding hydrogens is 253 g/mol. The monoisotopic (exact) mass is 266 g/mol. The molecule has 2 atom stereocenters. The first-order valence-electron chi connectivity index (χ1n) is 5.34. The van der Waals surface area contributed by atoms with Gasteiger partial charge in [0.05, 0.1) is 0 Å². The fourth-order valence-electron chi connectivity index (χ4n) is 2.28. The van der Waals surface area contributed by atoms with E-state index in [0.29, 0.717) is 6.42 Å². The van der Waals surface area contributed by atoms with E-state index in [4.69, 9.17) is 0 Å². The smallest absolute Gasteiger partial charge is 0.199 e. The molecule has 0 aliphatic heterocycles. The summed E-state index contributed by atoms with van der Waals surface area (Å²) in [6, 6.07) is 0. The van der Waals surface area contributed by atoms with E-state index in [1.807, 2.05) is 0 Å². The Balaban J connectivity index is 3.00. The highest BCUT2D eigenvalue weighted by Gasteiger charge is 2.75. The molecule has 0 bridgehead atoms. The van der Waals surface area contributed by atoms with Gasteiger partial charge in [-0.2, -0.15) is 30.7 Å². The van der Waals surface area contributed by atoms with Crippen LogP contribution in [0.2, 0.25) is 0 Å². The lowest BCUT2D eigenvalue weighted by Crippen LogP contribution is -2.57. The molecule has 0 radical (unpaired) electrons. The van der Waals surface area contributed by atoms with Crippen LogP contribution in [0.4, 0.5) is 30.7 Å². The van der Waals surface area contributed by atoms with Gasteiger partial charge in [-0.05, 0) is 12.3 Å². The molecule has 7 heteroatoms. The van der Waals surface area contributed by atoms with Crippen molar-refractivity contribution < 1.29 is 30.7 Å². The van der Waals surface area contributed by atoms with Gasteiger partial charge in [0.1, 0.15) is 0 Å². The lowest BCUT2D eigenvalue weighted by atomic mass is 9.75. The molecule has 102 valence electrons. The van der Waals surface area contributed by atoms with Crippen LogP contribution in [0.15, 0.2) is 0 Å². The van der Waals surface area contributed by atoms with Crippen LogP contribution in [0.3, 0.4) is 0 Å². The van der Waals surface area contributed by atoms with Gasteiger partial charge in [-0.25, -0.2) is 0 Å². The number of hydrogen-bond acceptors (Lipinski definition) is 0. The molecule has 0 N–H and O–H groups in total. The molecule has 1 aliphatic carbocycles. The van der Waals surface area contributed by atoms with E-state index in [-0.39, 0.29) is 19.3 Å². The topological polar surface area (TPSA) is 0 Å². The van der Waals surface area contributed by atoms with E-state index in [1.54, 1.807) is 0 Å². The van der Waals surface area contributed by atoms with Crippen LogP contribution in [-0.4, -0.2) is 18.0 Å². The predicted molar refractivity (Wildman–Crippen MR) is 47.1 cm³/mol. The molecule has 17 heavy (non-hydrogen) atoms. The first-order chi connectivity index (χ1) is 7.52. The average molecular weight is 266 g/mol. The normalized spacial score (nSPS) is 28.2. The van der Waals surface area contributed by atoms with Crippen molar-refractivity contribution in [2.75, 3.05) is 0 Å². The van der Waals surface area contributed by atoms with Crippen LogP contribution in [-0.2, 0) is 0 Å². The Hall–Kier alpha value is -0.490. The Bertz CT molecular complexity index is 268. The standard InChI is InChI=1S/C10H13F7/c1-6-4-2-3-5-7(6)8(11,12)9(13,14)10(15,16)17/h6-7H,2-5H2,1H3. The van der Waals surface area contributed by atoms with Crippen molar-refractivity contribution >= 4 is 0 Å². The van der Waals surface area contributed by atoms with Gasteiger partial charge in [0, 0.05) is 5.92 Å². The van der Waals surface area contributed by atoms with Gasteiger partial charge in [-0.1, -0.05) is 26.2 Å². The van der Waals surface area contributed by atoms with Crippen LogP contribution < -0.4 is 0 Å². The summed E-state index contributed by atoms with van der Waals surface area (Å²) >= 11 is 0. The second kappa shape index (κ2) is 4.31. The van der Waals surface area contributed by atoms with Crippen LogP contribution in [0, 0.1) is 11.8 Å². The van der Waals surface area contributed by atoms with Gasteiger partial charge >= 0.3 is 18.0 Å². The molecule has 0 heterocycles. The zero-order valence-electron chi connectivity index (χ0n) is 9.13. The summed E-state index contributed by atoms with van der Waals surface area (Å²) in [7, 11) is 0. The van der Waals surface area contributed by atoms with Gasteiger partial charge in [0.15, 0.2) is 0 Å². The quantitative estimate of drug-likeness (QED) is 0.638. The number of rotatable bonds is 2. The molecule has 0 aromatic carbocycles. The molecule has 1 aliphatic rings. The Labute approximate surface area is 94.2 Å². The van der Waals surface area contributed by atoms with Crippen LogP contribution >= 0.6 is 0 Å². The zero-order valence-corrected chi connectivity index (χ0v) is 9.13. The molecule has 2 unspecified atom stereocenters. The van der Waals surface area contributed by atoms with Gasteiger partial charge in [0.25, 0.3) is 0 Å². The van der Waals surface area contributed by atoms with E-state index in [1.165, 1.54) is 6.92 Å². The summed E-state index contributed by atoms with van der Waals surface area (Å²) < 4.78 is 88.3. The van der Waals surface area contributed by atoms with Gasteiger partial charge in [-0.3, -0.25) is 0 Å². The van der Waals surface area contributed by atoms with Crippen LogP contribution in [0.25, 0.3) is 0 Å². The third-order valence-corrected chi connectivity index (χ3v) is 3.35. The van der Waals surface area contributed by atoms with E-state index in [0.717, 1.165) is 0 Å². The SMILES string of the molecule is CC1CCCCC1C(F)(F)C(F)(F)C(F)(F)F. The first kappa shape index (κ1) is 14.6. The Morgan fingerprint density at radius 2 is 1.29 bits per heavy atom. The minimum Gasteiger partial charge on any atom is -0.199 e. The fourth-order valence-corrected chi connectivity index (χ4v) is 2.28. The summed E-state index contributed by atoms with van der Waals surface area (Å²) in [6.07, 6.45) is -5.40. The largest absolute Gasteiger partial charge is 0.459 e. The summed E-state index contributed by atoms with van der Waals surface area (Å²) in [5, 5.41) is 0. The Kier molecular flexibility index (Phi) is 3.70. The molecule has 0 nitrogen and oxygen atoms in total. The number of hydrogen-bond donors (Lipinski definition) is 0. The summed E-state index contributed by atoms with van der Waals surface area (Å²) in [4.78, 5) is 0. The average Bonchev–Trinajstić information content (AvgIpc) is 2.16. The number of halogens is 7. The molecule has 1 saturated carbocycles. The van der Waals surface area contributed by atoms with E-state index >= 15 is 0 Å². The Morgan fingerprint density at radius 1 is 0.824 bits per heavy atom. The highest BCUT2D eigenvalue weighted by atomic mass is 19.4. The minimum atomic E-state index is -6.21. The second-order valence-electron chi connectivity index (χ2n) is 4.56. The maximum absolute atomic E-state index is 13.4. The summed E-state index contributed by atoms with van der Waals surface area (Å²) in [5.74, 6) is -13.7. The van der Waals surface area contributed by atoms with Crippen LogP contribution in [0.5, 0.6) is 0 Å². The van der Waals surface area contributed by atoms with Crippen molar-refractivity contribution in [3.8, 4) is 0 Å².